The van der Waals surface area contributed by atoms with Crippen LogP contribution >= 0.6 is 0 Å². The van der Waals surface area contributed by atoms with Crippen molar-refractivity contribution >= 4 is 27.7 Å². The van der Waals surface area contributed by atoms with Crippen molar-refractivity contribution in [2.24, 2.45) is 28.6 Å². The third-order valence-electron chi connectivity index (χ3n) is 9.21. The predicted octanol–water partition coefficient (Wildman–Crippen LogP) is 2.89. The van der Waals surface area contributed by atoms with Gasteiger partial charge < -0.3 is 9.84 Å². The normalized spacial score (nSPS) is 40.4. The van der Waals surface area contributed by atoms with Gasteiger partial charge in [-0.2, -0.15) is 8.42 Å². The molecule has 0 aromatic rings. The molecule has 0 aliphatic heterocycles. The molecule has 0 radical (unpaired) electrons. The second kappa shape index (κ2) is 8.92. The van der Waals surface area contributed by atoms with Crippen LogP contribution in [0.4, 0.5) is 0 Å². The van der Waals surface area contributed by atoms with Crippen LogP contribution in [0.5, 0.6) is 0 Å². The molecule has 0 aromatic carbocycles. The van der Waals surface area contributed by atoms with Crippen molar-refractivity contribution in [3.8, 4) is 0 Å². The fraction of sp³-hybridized carbons (Fsp3) is 0.731. The first-order chi connectivity index (χ1) is 16.3. The van der Waals surface area contributed by atoms with E-state index < -0.39 is 51.0 Å². The van der Waals surface area contributed by atoms with Crippen molar-refractivity contribution in [3.05, 3.63) is 23.8 Å². The highest BCUT2D eigenvalue weighted by molar-refractivity contribution is 7.86. The Morgan fingerprint density at radius 2 is 1.94 bits per heavy atom. The zero-order chi connectivity index (χ0) is 25.8. The SMILES string of the molecule is CCCC(=O)O[C@]1(C(=O)COS(C)(=O)=O)CC[C@H]2[C@@H]3CCC4=CC(=O)C=C[C@]4(C)[C@H]3C(O)C[C@@]21C. The van der Waals surface area contributed by atoms with E-state index in [1.54, 1.807) is 12.2 Å². The third kappa shape index (κ3) is 4.23. The lowest BCUT2D eigenvalue weighted by atomic mass is 9.46. The van der Waals surface area contributed by atoms with Gasteiger partial charge in [-0.15, -0.1) is 0 Å². The summed E-state index contributed by atoms with van der Waals surface area (Å²) in [7, 11) is -3.87. The number of carbonyl (C=O) groups is 3. The molecule has 3 fully saturated rings. The first kappa shape index (κ1) is 26.2. The topological polar surface area (TPSA) is 124 Å². The summed E-state index contributed by atoms with van der Waals surface area (Å²) in [6.07, 6.45) is 8.55. The van der Waals surface area contributed by atoms with E-state index in [-0.39, 0.29) is 42.8 Å². The third-order valence-corrected chi connectivity index (χ3v) is 9.76. The smallest absolute Gasteiger partial charge is 0.306 e. The molecule has 0 saturated heterocycles. The highest BCUT2D eigenvalue weighted by Gasteiger charge is 2.70. The monoisotopic (exact) mass is 508 g/mol. The van der Waals surface area contributed by atoms with Crippen LogP contribution < -0.4 is 0 Å². The molecule has 0 spiro atoms. The van der Waals surface area contributed by atoms with Crippen LogP contribution in [0, 0.1) is 28.6 Å². The molecule has 0 amide bonds. The van der Waals surface area contributed by atoms with Gasteiger partial charge in [-0.1, -0.05) is 32.4 Å². The first-order valence-electron chi connectivity index (χ1n) is 12.5. The van der Waals surface area contributed by atoms with Crippen LogP contribution in [-0.4, -0.2) is 55.6 Å². The summed E-state index contributed by atoms with van der Waals surface area (Å²) in [5.41, 5.74) is -1.85. The van der Waals surface area contributed by atoms with Gasteiger partial charge in [-0.05, 0) is 62.5 Å². The highest BCUT2D eigenvalue weighted by Crippen LogP contribution is 2.68. The molecule has 1 N–H and O–H groups in total. The number of ketones is 2. The Morgan fingerprint density at radius 1 is 1.23 bits per heavy atom. The minimum atomic E-state index is -3.87. The first-order valence-corrected chi connectivity index (χ1v) is 14.3. The van der Waals surface area contributed by atoms with Crippen LogP contribution in [0.1, 0.15) is 65.7 Å². The summed E-state index contributed by atoms with van der Waals surface area (Å²) >= 11 is 0. The lowest BCUT2D eigenvalue weighted by molar-refractivity contribution is -0.199. The van der Waals surface area contributed by atoms with E-state index in [0.717, 1.165) is 24.7 Å². The van der Waals surface area contributed by atoms with Crippen molar-refractivity contribution < 1.29 is 36.8 Å². The fourth-order valence-corrected chi connectivity index (χ4v) is 8.04. The maximum Gasteiger partial charge on any atom is 0.306 e. The average molecular weight is 509 g/mol. The number of Topliss-reactive ketones (excluding diaryl/α,β-unsaturated/α-hetero) is 1. The number of aliphatic hydroxyl groups is 1. The van der Waals surface area contributed by atoms with Crippen LogP contribution in [-0.2, 0) is 33.4 Å². The van der Waals surface area contributed by atoms with Gasteiger partial charge in [0.2, 0.25) is 5.78 Å². The van der Waals surface area contributed by atoms with Gasteiger partial charge in [0.25, 0.3) is 10.1 Å². The van der Waals surface area contributed by atoms with Gasteiger partial charge in [-0.25, -0.2) is 0 Å². The largest absolute Gasteiger partial charge is 0.450 e. The number of rotatable bonds is 7. The Kier molecular flexibility index (Phi) is 6.69. The molecule has 4 aliphatic rings. The average Bonchev–Trinajstić information content (AvgIpc) is 3.04. The zero-order valence-electron chi connectivity index (χ0n) is 20.9. The van der Waals surface area contributed by atoms with Crippen molar-refractivity contribution in [1.82, 2.24) is 0 Å². The van der Waals surface area contributed by atoms with Gasteiger partial charge >= 0.3 is 5.97 Å². The quantitative estimate of drug-likeness (QED) is 0.411. The summed E-state index contributed by atoms with van der Waals surface area (Å²) < 4.78 is 34.0. The highest BCUT2D eigenvalue weighted by atomic mass is 32.2. The van der Waals surface area contributed by atoms with E-state index >= 15 is 0 Å². The Labute approximate surface area is 207 Å². The molecule has 0 aromatic heterocycles. The second-order valence-electron chi connectivity index (χ2n) is 11.2. The van der Waals surface area contributed by atoms with Crippen LogP contribution in [0.2, 0.25) is 0 Å². The van der Waals surface area contributed by atoms with E-state index in [4.69, 9.17) is 8.92 Å². The standard InChI is InChI=1S/C26H36O8S/c1-5-6-22(30)34-26(21(29)15-33-35(4,31)32)12-10-19-18-8-7-16-13-17(27)9-11-24(16,2)23(18)20(28)14-25(19,26)3/h9,11,13,18-20,23,28H,5-8,10,12,14-15H2,1-4H3/t18-,19-,20?,23+,24-,25-,26-/m0/s1. The van der Waals surface area contributed by atoms with Crippen molar-refractivity contribution in [1.29, 1.82) is 0 Å². The van der Waals surface area contributed by atoms with Gasteiger partial charge in [0.1, 0.15) is 6.61 Å². The molecule has 7 atom stereocenters. The maximum atomic E-state index is 13.6. The van der Waals surface area contributed by atoms with Gasteiger partial charge in [0.15, 0.2) is 11.4 Å². The molecule has 8 nitrogen and oxygen atoms in total. The number of hydrogen-bond acceptors (Lipinski definition) is 8. The summed E-state index contributed by atoms with van der Waals surface area (Å²) in [6, 6.07) is 0. The van der Waals surface area contributed by atoms with Crippen molar-refractivity contribution in [3.63, 3.8) is 0 Å². The molecule has 0 bridgehead atoms. The van der Waals surface area contributed by atoms with Crippen molar-refractivity contribution in [2.75, 3.05) is 12.9 Å². The minimum absolute atomic E-state index is 0.0167. The van der Waals surface area contributed by atoms with E-state index in [9.17, 15) is 27.9 Å². The molecular weight excluding hydrogens is 472 g/mol. The van der Waals surface area contributed by atoms with Crippen LogP contribution in [0.15, 0.2) is 23.8 Å². The van der Waals surface area contributed by atoms with Gasteiger partial charge in [0, 0.05) is 23.2 Å². The Bertz CT molecular complexity index is 1090. The molecule has 194 valence electrons. The molecule has 35 heavy (non-hydrogen) atoms. The van der Waals surface area contributed by atoms with Crippen LogP contribution in [0.3, 0.4) is 0 Å². The fourth-order valence-electron chi connectivity index (χ4n) is 7.72. The summed E-state index contributed by atoms with van der Waals surface area (Å²) in [4.78, 5) is 38.3. The van der Waals surface area contributed by atoms with E-state index in [0.29, 0.717) is 12.8 Å². The molecule has 4 aliphatic carbocycles. The summed E-state index contributed by atoms with van der Waals surface area (Å²) in [5, 5.41) is 11.6. The maximum absolute atomic E-state index is 13.6. The minimum Gasteiger partial charge on any atom is -0.450 e. The zero-order valence-corrected chi connectivity index (χ0v) is 21.7. The molecule has 1 unspecified atom stereocenters. The Balaban J connectivity index is 1.72. The molecule has 3 saturated carbocycles. The number of hydrogen-bond donors (Lipinski definition) is 1. The summed E-state index contributed by atoms with van der Waals surface area (Å²) in [6.45, 7) is 5.10. The van der Waals surface area contributed by atoms with E-state index in [1.807, 2.05) is 19.9 Å². The second-order valence-corrected chi connectivity index (χ2v) is 12.8. The lowest BCUT2D eigenvalue weighted by Crippen LogP contribution is -2.63. The van der Waals surface area contributed by atoms with Gasteiger partial charge in [0.05, 0.1) is 12.4 Å². The van der Waals surface area contributed by atoms with Crippen molar-refractivity contribution in [2.45, 2.75) is 77.4 Å². The van der Waals surface area contributed by atoms with E-state index in [2.05, 4.69) is 6.92 Å². The molecule has 9 heteroatoms. The number of aliphatic hydroxyl groups excluding tert-OH is 1. The molecule has 4 rings (SSSR count). The van der Waals surface area contributed by atoms with Crippen LogP contribution in [0.25, 0.3) is 0 Å². The lowest BCUT2D eigenvalue weighted by Gasteiger charge is -2.59. The van der Waals surface area contributed by atoms with E-state index in [1.165, 1.54) is 0 Å². The number of allylic oxidation sites excluding steroid dienone is 4. The molecule has 0 heterocycles. The number of ether oxygens (including phenoxy) is 1. The summed E-state index contributed by atoms with van der Waals surface area (Å²) in [5.74, 6) is -1.21. The number of carbonyl (C=O) groups excluding carboxylic acids is 3. The molecular formula is C26H36O8S. The Morgan fingerprint density at radius 3 is 2.60 bits per heavy atom. The predicted molar refractivity (Wildman–Crippen MR) is 128 cm³/mol. The Hall–Kier alpha value is -1.84. The van der Waals surface area contributed by atoms with Gasteiger partial charge in [-0.3, -0.25) is 18.6 Å². The number of esters is 1. The number of fused-ring (bicyclic) bond motifs is 5.